The third kappa shape index (κ3) is 7.77. The lowest BCUT2D eigenvalue weighted by molar-refractivity contribution is -0.677. The van der Waals surface area contributed by atoms with Gasteiger partial charge in [0.1, 0.15) is 0 Å². The molecule has 0 saturated carbocycles. The van der Waals surface area contributed by atoms with Crippen molar-refractivity contribution in [2.24, 2.45) is 0 Å². The van der Waals surface area contributed by atoms with E-state index in [0.29, 0.717) is 58.2 Å². The molecule has 9 nitrogen and oxygen atoms in total. The van der Waals surface area contributed by atoms with Crippen LogP contribution in [0.1, 0.15) is 32.1 Å². The second kappa shape index (κ2) is 11.9. The monoisotopic (exact) mass is 615 g/mol. The first-order chi connectivity index (χ1) is 18.3. The smallest absolute Gasteiger partial charge is 0.374 e. The summed E-state index contributed by atoms with van der Waals surface area (Å²) in [7, 11) is -7.24. The number of oxazole rings is 1. The van der Waals surface area contributed by atoms with Gasteiger partial charge in [0.05, 0.1) is 27.3 Å². The molecule has 4 rings (SSSR count). The predicted octanol–water partition coefficient (Wildman–Crippen LogP) is 5.42. The molecule has 1 aliphatic rings. The van der Waals surface area contributed by atoms with E-state index in [-0.39, 0.29) is 18.7 Å². The van der Waals surface area contributed by atoms with Crippen LogP contribution in [0, 0.1) is 0 Å². The van der Waals surface area contributed by atoms with Gasteiger partial charge in [0.25, 0.3) is 15.6 Å². The third-order valence-corrected chi connectivity index (χ3v) is 8.24. The van der Waals surface area contributed by atoms with Crippen molar-refractivity contribution < 1.29 is 35.5 Å². The van der Waals surface area contributed by atoms with Crippen molar-refractivity contribution in [2.75, 3.05) is 23.0 Å². The van der Waals surface area contributed by atoms with E-state index in [0.717, 1.165) is 11.1 Å². The third-order valence-electron chi connectivity index (χ3n) is 6.04. The van der Waals surface area contributed by atoms with E-state index in [2.05, 4.69) is 5.87 Å². The molecule has 0 fully saturated rings. The molecule has 0 bridgehead atoms. The Labute approximate surface area is 237 Å². The van der Waals surface area contributed by atoms with Gasteiger partial charge in [-0.3, -0.25) is 4.55 Å². The molecule has 0 saturated heterocycles. The highest BCUT2D eigenvalue weighted by Gasteiger charge is 2.28. The van der Waals surface area contributed by atoms with Crippen molar-refractivity contribution in [1.82, 2.24) is 0 Å². The Balaban J connectivity index is 1.71. The number of fused-ring (bicyclic) bond motifs is 2. The zero-order chi connectivity index (χ0) is 28.4. The Kier molecular flexibility index (Phi) is 8.99. The van der Waals surface area contributed by atoms with Crippen molar-refractivity contribution in [2.45, 2.75) is 32.7 Å². The molecule has 3 aromatic rings. The van der Waals surface area contributed by atoms with E-state index in [9.17, 15) is 21.7 Å². The van der Waals surface area contributed by atoms with Gasteiger partial charge in [-0.05, 0) is 54.6 Å². The number of hydrogen-bond donors (Lipinski definition) is 2. The van der Waals surface area contributed by atoms with E-state index in [1.165, 1.54) is 0 Å². The van der Waals surface area contributed by atoms with Crippen LogP contribution >= 0.6 is 23.2 Å². The fourth-order valence-corrected chi connectivity index (χ4v) is 5.65. The zero-order valence-corrected chi connectivity index (χ0v) is 24.3. The molecule has 1 atom stereocenters. The van der Waals surface area contributed by atoms with Gasteiger partial charge in [0, 0.05) is 40.9 Å². The molecule has 0 radical (unpaired) electrons. The average molecular weight is 617 g/mol. The number of nitrogens with zero attached hydrogens (tertiary/aromatic N) is 2. The predicted molar refractivity (Wildman–Crippen MR) is 156 cm³/mol. The van der Waals surface area contributed by atoms with Crippen molar-refractivity contribution in [3.8, 4) is 5.75 Å². The summed E-state index contributed by atoms with van der Waals surface area (Å²) >= 11 is 12.4. The van der Waals surface area contributed by atoms with Gasteiger partial charge < -0.3 is 18.6 Å². The maximum Gasteiger partial charge on any atom is 0.374 e. The summed E-state index contributed by atoms with van der Waals surface area (Å²) in [6.45, 7) is 2.64. The highest BCUT2D eigenvalue weighted by Crippen LogP contribution is 2.41. The van der Waals surface area contributed by atoms with Crippen molar-refractivity contribution in [1.29, 1.82) is 0 Å². The van der Waals surface area contributed by atoms with Crippen LogP contribution in [0.4, 0.5) is 5.69 Å². The van der Waals surface area contributed by atoms with Gasteiger partial charge in [-0.25, -0.2) is 4.21 Å². The molecular weight excluding hydrogens is 587 g/mol. The number of allylic oxidation sites excluding steroid dienone is 2. The van der Waals surface area contributed by atoms with Crippen LogP contribution in [0.25, 0.3) is 17.2 Å². The summed E-state index contributed by atoms with van der Waals surface area (Å²) in [6, 6.07) is 10.4. The SMILES string of the molecule is C=S(=O)(O)CCC[n+]1c(/C=C(/C=C2\Oc3ccc(Cl)cc3N2CCCS(=O)(=O)O)CC)oc2ccc(Cl)cc21. The first kappa shape index (κ1) is 29.4. The van der Waals surface area contributed by atoms with Crippen LogP contribution in [0.3, 0.4) is 0 Å². The van der Waals surface area contributed by atoms with Gasteiger partial charge in [0.15, 0.2) is 12.3 Å². The molecule has 0 spiro atoms. The molecule has 1 aliphatic heterocycles. The van der Waals surface area contributed by atoms with Gasteiger partial charge in [-0.2, -0.15) is 13.0 Å². The van der Waals surface area contributed by atoms with Gasteiger partial charge in [-0.15, -0.1) is 0 Å². The lowest BCUT2D eigenvalue weighted by atomic mass is 10.1. The summed E-state index contributed by atoms with van der Waals surface area (Å²) < 4.78 is 67.2. The molecule has 0 amide bonds. The number of ether oxygens (including phenoxy) is 1. The Morgan fingerprint density at radius 3 is 2.49 bits per heavy atom. The fraction of sp³-hybridized carbons (Fsp3) is 0.308. The largest absolute Gasteiger partial charge is 0.439 e. The molecule has 1 aromatic heterocycles. The minimum atomic E-state index is -4.11. The molecule has 2 heterocycles. The van der Waals surface area contributed by atoms with Crippen molar-refractivity contribution in [3.05, 3.63) is 69.9 Å². The summed E-state index contributed by atoms with van der Waals surface area (Å²) in [5.41, 5.74) is 2.88. The van der Waals surface area contributed by atoms with Gasteiger partial charge >= 0.3 is 5.89 Å². The lowest BCUT2D eigenvalue weighted by Gasteiger charge is -2.18. The Morgan fingerprint density at radius 2 is 1.79 bits per heavy atom. The summed E-state index contributed by atoms with van der Waals surface area (Å²) in [5, 5.41) is 1.03. The van der Waals surface area contributed by atoms with Crippen LogP contribution in [0.5, 0.6) is 5.75 Å². The number of anilines is 1. The Bertz CT molecular complexity index is 1660. The van der Waals surface area contributed by atoms with E-state index in [4.69, 9.17) is 32.4 Å². The van der Waals surface area contributed by atoms with E-state index in [1.54, 1.807) is 36.4 Å². The number of aryl methyl sites for hydroxylation is 1. The second-order valence-corrected chi connectivity index (χ2v) is 13.5. The standard InChI is InChI=1S/C26H28Cl2N2O7S2/c1-3-18(14-25-29(10-4-12-38(2,31)32)21-16-19(27)6-8-23(21)36-25)15-26-30(11-5-13-39(33,34)35)22-17-20(28)7-9-24(22)37-26/h6-9,14-17H,2-5,10-13H2,1H3,(H-,31,32,33,34,35)/p+1. The average Bonchev–Trinajstić information content (AvgIpc) is 3.34. The van der Waals surface area contributed by atoms with Crippen LogP contribution in [0.15, 0.2) is 58.3 Å². The van der Waals surface area contributed by atoms with Crippen LogP contribution < -0.4 is 14.2 Å². The van der Waals surface area contributed by atoms with Gasteiger partial charge in [0.2, 0.25) is 11.5 Å². The fourth-order valence-electron chi connectivity index (χ4n) is 4.24. The van der Waals surface area contributed by atoms with Crippen molar-refractivity contribution in [3.63, 3.8) is 0 Å². The van der Waals surface area contributed by atoms with Crippen LogP contribution in [0.2, 0.25) is 10.0 Å². The van der Waals surface area contributed by atoms with Crippen LogP contribution in [-0.2, 0) is 26.5 Å². The summed E-state index contributed by atoms with van der Waals surface area (Å²) in [6.07, 6.45) is 4.86. The minimum absolute atomic E-state index is 0.0360. The maximum absolute atomic E-state index is 11.7. The number of rotatable bonds is 11. The number of hydrogen-bond acceptors (Lipinski definition) is 6. The molecule has 2 N–H and O–H groups in total. The summed E-state index contributed by atoms with van der Waals surface area (Å²) in [5.74, 6) is 4.51. The van der Waals surface area contributed by atoms with Gasteiger partial charge in [-0.1, -0.05) is 30.1 Å². The Hall–Kier alpha value is -2.54. The van der Waals surface area contributed by atoms with E-state index >= 15 is 0 Å². The first-order valence-corrected chi connectivity index (χ1v) is 16.4. The molecule has 2 aromatic carbocycles. The molecule has 1 unspecified atom stereocenters. The number of aromatic nitrogens is 1. The lowest BCUT2D eigenvalue weighted by Crippen LogP contribution is -2.36. The second-order valence-electron chi connectivity index (χ2n) is 9.09. The molecular formula is C26H29Cl2N2O7S2+. The first-order valence-electron chi connectivity index (χ1n) is 12.1. The maximum atomic E-state index is 11.7. The topological polar surface area (TPSA) is 121 Å². The highest BCUT2D eigenvalue weighted by molar-refractivity contribution is 7.95. The Morgan fingerprint density at radius 1 is 1.08 bits per heavy atom. The number of halogens is 2. The normalized spacial score (nSPS) is 16.5. The van der Waals surface area contributed by atoms with Crippen LogP contribution in [-0.4, -0.2) is 45.7 Å². The minimum Gasteiger partial charge on any atom is -0.439 e. The summed E-state index contributed by atoms with van der Waals surface area (Å²) in [4.78, 5) is 1.81. The zero-order valence-electron chi connectivity index (χ0n) is 21.2. The molecule has 0 aliphatic carbocycles. The molecule has 13 heteroatoms. The van der Waals surface area contributed by atoms with Crippen molar-refractivity contribution >= 4 is 71.9 Å². The van der Waals surface area contributed by atoms with E-state index < -0.39 is 25.7 Å². The quantitative estimate of drug-likeness (QED) is 0.167. The molecule has 210 valence electrons. The highest BCUT2D eigenvalue weighted by atomic mass is 35.5. The number of benzene rings is 2. The molecule has 39 heavy (non-hydrogen) atoms. The van der Waals surface area contributed by atoms with E-state index in [1.807, 2.05) is 28.5 Å².